The number of H-pyrrole nitrogens is 1. The van der Waals surface area contributed by atoms with Crippen LogP contribution in [0.1, 0.15) is 6.23 Å². The molecule has 0 aliphatic carbocycles. The van der Waals surface area contributed by atoms with Crippen molar-refractivity contribution in [2.24, 2.45) is 0 Å². The molecule has 2 heterocycles. The van der Waals surface area contributed by atoms with Gasteiger partial charge in [0, 0.05) is 25.4 Å². The minimum Gasteiger partial charge on any atom is -0.348 e. The standard InChI is InChI=1S/C12H18N3O4P/c1-20(2,18)6-4-9-7-13-8-11(19-9)15-5-3-10(16)14-12(15)17/h3-6,9,11,13H,7-8H2,1-2H3,(H,14,16,17)/b6-4+. The third-order valence-electron chi connectivity index (χ3n) is 2.82. The van der Waals surface area contributed by atoms with E-state index in [1.54, 1.807) is 25.2 Å². The van der Waals surface area contributed by atoms with Crippen LogP contribution >= 0.6 is 7.14 Å². The molecule has 110 valence electrons. The van der Waals surface area contributed by atoms with E-state index < -0.39 is 24.6 Å². The molecule has 1 saturated heterocycles. The summed E-state index contributed by atoms with van der Waals surface area (Å²) in [6.45, 7) is 4.39. The molecule has 2 rings (SSSR count). The molecular formula is C12H18N3O4P. The molecule has 1 aromatic heterocycles. The van der Waals surface area contributed by atoms with Crippen molar-refractivity contribution in [3.8, 4) is 0 Å². The number of hydrogen-bond acceptors (Lipinski definition) is 5. The number of morpholine rings is 1. The largest absolute Gasteiger partial charge is 0.348 e. The molecule has 20 heavy (non-hydrogen) atoms. The quantitative estimate of drug-likeness (QED) is 0.776. The molecule has 7 nitrogen and oxygen atoms in total. The Morgan fingerprint density at radius 1 is 1.40 bits per heavy atom. The Kier molecular flexibility index (Phi) is 4.42. The van der Waals surface area contributed by atoms with Crippen LogP contribution in [0.4, 0.5) is 0 Å². The number of hydrogen-bond donors (Lipinski definition) is 2. The van der Waals surface area contributed by atoms with E-state index in [0.717, 1.165) is 0 Å². The number of rotatable bonds is 3. The first-order valence-corrected chi connectivity index (χ1v) is 8.94. The molecule has 1 aliphatic heterocycles. The minimum atomic E-state index is -2.24. The molecule has 1 aromatic rings. The average molecular weight is 299 g/mol. The van der Waals surface area contributed by atoms with Gasteiger partial charge in [-0.3, -0.25) is 14.3 Å². The van der Waals surface area contributed by atoms with E-state index in [1.165, 1.54) is 16.8 Å². The van der Waals surface area contributed by atoms with Crippen molar-refractivity contribution in [1.82, 2.24) is 14.9 Å². The van der Waals surface area contributed by atoms with E-state index in [0.29, 0.717) is 13.1 Å². The van der Waals surface area contributed by atoms with Gasteiger partial charge in [-0.15, -0.1) is 0 Å². The lowest BCUT2D eigenvalue weighted by Gasteiger charge is -2.30. The summed E-state index contributed by atoms with van der Waals surface area (Å²) >= 11 is 0. The summed E-state index contributed by atoms with van der Waals surface area (Å²) < 4.78 is 18.7. The highest BCUT2D eigenvalue weighted by molar-refractivity contribution is 7.65. The van der Waals surface area contributed by atoms with E-state index in [1.807, 2.05) is 0 Å². The van der Waals surface area contributed by atoms with Crippen molar-refractivity contribution in [2.45, 2.75) is 12.3 Å². The summed E-state index contributed by atoms with van der Waals surface area (Å²) in [6, 6.07) is 1.27. The fourth-order valence-electron chi connectivity index (χ4n) is 1.88. The molecule has 0 saturated carbocycles. The van der Waals surface area contributed by atoms with Crippen LogP contribution in [0, 0.1) is 0 Å². The Bertz CT molecular complexity index is 657. The Hall–Kier alpha value is -1.43. The summed E-state index contributed by atoms with van der Waals surface area (Å²) in [6.07, 6.45) is 2.39. The second kappa shape index (κ2) is 5.91. The highest BCUT2D eigenvalue weighted by Crippen LogP contribution is 2.37. The summed E-state index contributed by atoms with van der Waals surface area (Å²) in [7, 11) is -2.24. The van der Waals surface area contributed by atoms with Crippen LogP contribution < -0.4 is 16.6 Å². The predicted molar refractivity (Wildman–Crippen MR) is 76.7 cm³/mol. The van der Waals surface area contributed by atoms with E-state index in [4.69, 9.17) is 4.74 Å². The van der Waals surface area contributed by atoms with E-state index >= 15 is 0 Å². The molecular weight excluding hydrogens is 281 g/mol. The van der Waals surface area contributed by atoms with Gasteiger partial charge in [0.25, 0.3) is 5.56 Å². The first-order valence-electron chi connectivity index (χ1n) is 6.27. The Balaban J connectivity index is 2.14. The van der Waals surface area contributed by atoms with Gasteiger partial charge < -0.3 is 14.6 Å². The number of ether oxygens (including phenoxy) is 1. The first kappa shape index (κ1) is 15.0. The zero-order valence-corrected chi connectivity index (χ0v) is 12.3. The van der Waals surface area contributed by atoms with Crippen molar-refractivity contribution in [3.63, 3.8) is 0 Å². The lowest BCUT2D eigenvalue weighted by Crippen LogP contribution is -2.45. The van der Waals surface area contributed by atoms with Gasteiger partial charge in [-0.05, 0) is 19.1 Å². The molecule has 1 fully saturated rings. The van der Waals surface area contributed by atoms with Crippen LogP contribution in [0.5, 0.6) is 0 Å². The summed E-state index contributed by atoms with van der Waals surface area (Å²) in [4.78, 5) is 24.9. The van der Waals surface area contributed by atoms with Crippen LogP contribution in [0.25, 0.3) is 0 Å². The molecule has 0 radical (unpaired) electrons. The maximum absolute atomic E-state index is 11.7. The van der Waals surface area contributed by atoms with Crippen LogP contribution in [0.15, 0.2) is 33.7 Å². The van der Waals surface area contributed by atoms with Gasteiger partial charge in [-0.25, -0.2) is 4.79 Å². The van der Waals surface area contributed by atoms with Gasteiger partial charge >= 0.3 is 5.69 Å². The van der Waals surface area contributed by atoms with E-state index in [2.05, 4.69) is 10.3 Å². The van der Waals surface area contributed by atoms with Gasteiger partial charge in [-0.1, -0.05) is 6.08 Å². The SMILES string of the molecule is CP(C)(=O)/C=C/C1CNCC(n2ccc(=O)[nH]c2=O)O1. The predicted octanol–water partition coefficient (Wildman–Crippen LogP) is 0.160. The third kappa shape index (κ3) is 4.03. The second-order valence-electron chi connectivity index (χ2n) is 5.08. The van der Waals surface area contributed by atoms with Gasteiger partial charge in [0.2, 0.25) is 0 Å². The van der Waals surface area contributed by atoms with Crippen LogP contribution in [0.3, 0.4) is 0 Å². The zero-order chi connectivity index (χ0) is 14.8. The van der Waals surface area contributed by atoms with Gasteiger partial charge in [0.05, 0.1) is 6.10 Å². The van der Waals surface area contributed by atoms with E-state index in [9.17, 15) is 14.2 Å². The molecule has 2 N–H and O–H groups in total. The van der Waals surface area contributed by atoms with Gasteiger partial charge in [0.1, 0.15) is 7.14 Å². The van der Waals surface area contributed by atoms with Crippen LogP contribution in [-0.4, -0.2) is 42.1 Å². The lowest BCUT2D eigenvalue weighted by atomic mass is 10.3. The van der Waals surface area contributed by atoms with Gasteiger partial charge in [-0.2, -0.15) is 0 Å². The van der Waals surface area contributed by atoms with Crippen LogP contribution in [0.2, 0.25) is 0 Å². The molecule has 0 bridgehead atoms. The Morgan fingerprint density at radius 3 is 2.80 bits per heavy atom. The minimum absolute atomic E-state index is 0.263. The topological polar surface area (TPSA) is 93.2 Å². The zero-order valence-electron chi connectivity index (χ0n) is 11.4. The highest BCUT2D eigenvalue weighted by atomic mass is 31.2. The molecule has 8 heteroatoms. The molecule has 0 aromatic carbocycles. The normalized spacial score (nSPS) is 24.1. The van der Waals surface area contributed by atoms with Crippen molar-refractivity contribution in [1.29, 1.82) is 0 Å². The van der Waals surface area contributed by atoms with Crippen molar-refractivity contribution < 1.29 is 9.30 Å². The maximum Gasteiger partial charge on any atom is 0.330 e. The molecule has 1 aliphatic rings. The lowest BCUT2D eigenvalue weighted by molar-refractivity contribution is -0.0579. The average Bonchev–Trinajstić information content (AvgIpc) is 2.36. The smallest absolute Gasteiger partial charge is 0.330 e. The molecule has 2 atom stereocenters. The van der Waals surface area contributed by atoms with E-state index in [-0.39, 0.29) is 6.10 Å². The maximum atomic E-state index is 11.7. The fraction of sp³-hybridized carbons (Fsp3) is 0.500. The fourth-order valence-corrected chi connectivity index (χ4v) is 2.49. The second-order valence-corrected chi connectivity index (χ2v) is 8.25. The van der Waals surface area contributed by atoms with Gasteiger partial charge in [0.15, 0.2) is 6.23 Å². The molecule has 0 amide bonds. The number of aromatic amines is 1. The van der Waals surface area contributed by atoms with Crippen molar-refractivity contribution in [2.75, 3.05) is 26.4 Å². The number of nitrogens with zero attached hydrogens (tertiary/aromatic N) is 1. The molecule has 2 unspecified atom stereocenters. The Labute approximate surface area is 116 Å². The molecule has 0 spiro atoms. The number of nitrogens with one attached hydrogen (secondary N) is 2. The van der Waals surface area contributed by atoms with Crippen molar-refractivity contribution in [3.05, 3.63) is 45.0 Å². The third-order valence-corrected chi connectivity index (χ3v) is 3.71. The summed E-state index contributed by atoms with van der Waals surface area (Å²) in [5, 5.41) is 3.14. The summed E-state index contributed by atoms with van der Waals surface area (Å²) in [5.74, 6) is 1.65. The first-order chi connectivity index (χ1) is 9.35. The van der Waals surface area contributed by atoms with Crippen molar-refractivity contribution >= 4 is 7.14 Å². The number of aromatic nitrogens is 2. The van der Waals surface area contributed by atoms with Crippen LogP contribution in [-0.2, 0) is 9.30 Å². The monoisotopic (exact) mass is 299 g/mol. The highest BCUT2D eigenvalue weighted by Gasteiger charge is 2.22. The summed E-state index contributed by atoms with van der Waals surface area (Å²) in [5.41, 5.74) is -0.949. The Morgan fingerprint density at radius 2 is 2.15 bits per heavy atom.